The van der Waals surface area contributed by atoms with Crippen LogP contribution < -0.4 is 5.32 Å². The fourth-order valence-electron chi connectivity index (χ4n) is 3.26. The maximum absolute atomic E-state index is 5.57. The quantitative estimate of drug-likeness (QED) is 0.881. The van der Waals surface area contributed by atoms with Crippen molar-refractivity contribution < 1.29 is 4.42 Å². The zero-order valence-corrected chi connectivity index (χ0v) is 11.7. The molecule has 1 aromatic heterocycles. The molecule has 102 valence electrons. The summed E-state index contributed by atoms with van der Waals surface area (Å²) in [5, 5.41) is 4.86. The number of nitrogens with one attached hydrogen (secondary N) is 1. The van der Waals surface area contributed by atoms with Gasteiger partial charge in [0.05, 0.1) is 6.26 Å². The molecule has 1 N–H and O–H groups in total. The molecule has 3 rings (SSSR count). The Balaban J connectivity index is 1.57. The van der Waals surface area contributed by atoms with Gasteiger partial charge in [-0.3, -0.25) is 0 Å². The maximum atomic E-state index is 5.57. The van der Waals surface area contributed by atoms with Gasteiger partial charge in [-0.05, 0) is 30.9 Å². The maximum Gasteiger partial charge on any atom is 0.134 e. The minimum absolute atomic E-state index is 0.854. The molecule has 19 heavy (non-hydrogen) atoms. The smallest absolute Gasteiger partial charge is 0.134 e. The monoisotopic (exact) mass is 257 g/mol. The molecule has 1 fully saturated rings. The Morgan fingerprint density at radius 3 is 2.95 bits per heavy atom. The molecule has 2 atom stereocenters. The minimum Gasteiger partial charge on any atom is -0.464 e. The zero-order valence-electron chi connectivity index (χ0n) is 11.7. The highest BCUT2D eigenvalue weighted by molar-refractivity contribution is 5.80. The van der Waals surface area contributed by atoms with Gasteiger partial charge >= 0.3 is 0 Å². The number of hydrogen-bond acceptors (Lipinski definition) is 2. The summed E-state index contributed by atoms with van der Waals surface area (Å²) in [6, 6.07) is 8.26. The average molecular weight is 257 g/mol. The largest absolute Gasteiger partial charge is 0.464 e. The lowest BCUT2D eigenvalue weighted by molar-refractivity contribution is 0.247. The summed E-state index contributed by atoms with van der Waals surface area (Å²) in [6.45, 7) is 4.46. The van der Waals surface area contributed by atoms with Gasteiger partial charge < -0.3 is 9.73 Å². The van der Waals surface area contributed by atoms with E-state index in [4.69, 9.17) is 4.42 Å². The van der Waals surface area contributed by atoms with E-state index in [-0.39, 0.29) is 0 Å². The molecule has 1 saturated carbocycles. The highest BCUT2D eigenvalue weighted by Crippen LogP contribution is 2.29. The predicted octanol–water partition coefficient (Wildman–Crippen LogP) is 4.35. The summed E-state index contributed by atoms with van der Waals surface area (Å²) >= 11 is 0. The van der Waals surface area contributed by atoms with Crippen LogP contribution in [0, 0.1) is 11.8 Å². The summed E-state index contributed by atoms with van der Waals surface area (Å²) in [5.74, 6) is 1.73. The SMILES string of the molecule is CC1CCCCC1CNCc1coc2ccccc12. The van der Waals surface area contributed by atoms with Crippen LogP contribution in [0.15, 0.2) is 34.9 Å². The van der Waals surface area contributed by atoms with Gasteiger partial charge in [-0.2, -0.15) is 0 Å². The van der Waals surface area contributed by atoms with Crippen molar-refractivity contribution in [2.45, 2.75) is 39.2 Å². The van der Waals surface area contributed by atoms with Gasteiger partial charge in [0.25, 0.3) is 0 Å². The van der Waals surface area contributed by atoms with Crippen molar-refractivity contribution in [1.29, 1.82) is 0 Å². The molecule has 0 aliphatic heterocycles. The first-order chi connectivity index (χ1) is 9.34. The lowest BCUT2D eigenvalue weighted by Crippen LogP contribution is -2.29. The molecule has 0 amide bonds. The molecule has 2 aromatic rings. The molecule has 0 saturated heterocycles. The topological polar surface area (TPSA) is 25.2 Å². The first-order valence-electron chi connectivity index (χ1n) is 7.50. The Bertz CT molecular complexity index is 531. The fourth-order valence-corrected chi connectivity index (χ4v) is 3.26. The highest BCUT2D eigenvalue weighted by atomic mass is 16.3. The lowest BCUT2D eigenvalue weighted by atomic mass is 9.80. The Morgan fingerprint density at radius 2 is 2.05 bits per heavy atom. The van der Waals surface area contributed by atoms with Gasteiger partial charge in [-0.1, -0.05) is 44.4 Å². The second-order valence-electron chi connectivity index (χ2n) is 5.91. The third kappa shape index (κ3) is 2.84. The molecular formula is C17H23NO. The lowest BCUT2D eigenvalue weighted by Gasteiger charge is -2.28. The summed E-state index contributed by atoms with van der Waals surface area (Å²) < 4.78 is 5.57. The summed E-state index contributed by atoms with van der Waals surface area (Å²) in [7, 11) is 0. The standard InChI is InChI=1S/C17H23NO/c1-13-6-2-3-7-14(13)10-18-11-15-12-19-17-9-5-4-8-16(15)17/h4-5,8-9,12-14,18H,2-3,6-7,10-11H2,1H3. The van der Waals surface area contributed by atoms with E-state index in [0.717, 1.165) is 30.5 Å². The van der Waals surface area contributed by atoms with Crippen LogP contribution in [0.25, 0.3) is 11.0 Å². The summed E-state index contributed by atoms with van der Waals surface area (Å²) in [5.41, 5.74) is 2.27. The van der Waals surface area contributed by atoms with Gasteiger partial charge in [0.2, 0.25) is 0 Å². The van der Waals surface area contributed by atoms with Gasteiger partial charge in [0.1, 0.15) is 5.58 Å². The van der Waals surface area contributed by atoms with Crippen LogP contribution in [0.2, 0.25) is 0 Å². The molecular weight excluding hydrogens is 234 g/mol. The second kappa shape index (κ2) is 5.79. The van der Waals surface area contributed by atoms with Crippen molar-refractivity contribution in [2.24, 2.45) is 11.8 Å². The zero-order chi connectivity index (χ0) is 13.1. The number of hydrogen-bond donors (Lipinski definition) is 1. The molecule has 2 nitrogen and oxygen atoms in total. The van der Waals surface area contributed by atoms with Crippen LogP contribution in [0.3, 0.4) is 0 Å². The van der Waals surface area contributed by atoms with E-state index < -0.39 is 0 Å². The van der Waals surface area contributed by atoms with Crippen LogP contribution in [0.5, 0.6) is 0 Å². The minimum atomic E-state index is 0.854. The molecule has 2 heteroatoms. The number of furan rings is 1. The fraction of sp³-hybridized carbons (Fsp3) is 0.529. The highest BCUT2D eigenvalue weighted by Gasteiger charge is 2.20. The van der Waals surface area contributed by atoms with Crippen molar-refractivity contribution in [1.82, 2.24) is 5.32 Å². The molecule has 1 heterocycles. The van der Waals surface area contributed by atoms with E-state index in [1.807, 2.05) is 18.4 Å². The van der Waals surface area contributed by atoms with Crippen LogP contribution in [0.1, 0.15) is 38.2 Å². The van der Waals surface area contributed by atoms with Gasteiger partial charge in [0.15, 0.2) is 0 Å². The van der Waals surface area contributed by atoms with E-state index in [1.165, 1.54) is 36.6 Å². The van der Waals surface area contributed by atoms with Crippen molar-refractivity contribution >= 4 is 11.0 Å². The van der Waals surface area contributed by atoms with E-state index in [0.29, 0.717) is 0 Å². The van der Waals surface area contributed by atoms with E-state index >= 15 is 0 Å². The van der Waals surface area contributed by atoms with Gasteiger partial charge in [-0.15, -0.1) is 0 Å². The number of fused-ring (bicyclic) bond motifs is 1. The number of para-hydroxylation sites is 1. The molecule has 0 radical (unpaired) electrons. The number of benzene rings is 1. The van der Waals surface area contributed by atoms with Crippen LogP contribution in [0.4, 0.5) is 0 Å². The second-order valence-corrected chi connectivity index (χ2v) is 5.91. The Morgan fingerprint density at radius 1 is 1.21 bits per heavy atom. The van der Waals surface area contributed by atoms with E-state index in [1.54, 1.807) is 0 Å². The normalized spacial score (nSPS) is 23.8. The predicted molar refractivity (Wildman–Crippen MR) is 79.0 cm³/mol. The van der Waals surface area contributed by atoms with Crippen LogP contribution in [-0.2, 0) is 6.54 Å². The van der Waals surface area contributed by atoms with Crippen molar-refractivity contribution in [3.05, 3.63) is 36.1 Å². The molecule has 2 unspecified atom stereocenters. The van der Waals surface area contributed by atoms with Crippen LogP contribution in [-0.4, -0.2) is 6.54 Å². The van der Waals surface area contributed by atoms with Gasteiger partial charge in [0, 0.05) is 17.5 Å². The van der Waals surface area contributed by atoms with E-state index in [9.17, 15) is 0 Å². The molecule has 0 bridgehead atoms. The summed E-state index contributed by atoms with van der Waals surface area (Å²) in [4.78, 5) is 0. The first kappa shape index (κ1) is 12.7. The Hall–Kier alpha value is -1.28. The average Bonchev–Trinajstić information content (AvgIpc) is 2.85. The van der Waals surface area contributed by atoms with E-state index in [2.05, 4.69) is 24.4 Å². The van der Waals surface area contributed by atoms with Crippen LogP contribution >= 0.6 is 0 Å². The molecule has 1 aliphatic carbocycles. The van der Waals surface area contributed by atoms with Gasteiger partial charge in [-0.25, -0.2) is 0 Å². The summed E-state index contributed by atoms with van der Waals surface area (Å²) in [6.07, 6.45) is 7.51. The van der Waals surface area contributed by atoms with Crippen molar-refractivity contribution in [3.8, 4) is 0 Å². The Labute approximate surface area is 115 Å². The van der Waals surface area contributed by atoms with Crippen molar-refractivity contribution in [3.63, 3.8) is 0 Å². The Kier molecular flexibility index (Phi) is 3.88. The third-order valence-electron chi connectivity index (χ3n) is 4.57. The van der Waals surface area contributed by atoms with Crippen molar-refractivity contribution in [2.75, 3.05) is 6.54 Å². The molecule has 0 spiro atoms. The molecule has 1 aliphatic rings. The molecule has 1 aromatic carbocycles. The number of rotatable bonds is 4. The third-order valence-corrected chi connectivity index (χ3v) is 4.57. The first-order valence-corrected chi connectivity index (χ1v) is 7.50.